The van der Waals surface area contributed by atoms with E-state index in [9.17, 15) is 9.59 Å². The Morgan fingerprint density at radius 1 is 1.19 bits per heavy atom. The highest BCUT2D eigenvalue weighted by Crippen LogP contribution is 2.27. The average molecular weight is 434 g/mol. The zero-order valence-corrected chi connectivity index (χ0v) is 18.2. The number of H-pyrrole nitrogens is 1. The maximum atomic E-state index is 12.7. The van der Waals surface area contributed by atoms with Gasteiger partial charge in [0.2, 0.25) is 11.9 Å². The number of nitrogens with zero attached hydrogens (tertiary/aromatic N) is 3. The molecule has 8 heteroatoms. The van der Waals surface area contributed by atoms with Gasteiger partial charge in [0, 0.05) is 23.7 Å². The van der Waals surface area contributed by atoms with E-state index in [0.29, 0.717) is 42.0 Å². The Bertz CT molecular complexity index is 1240. The van der Waals surface area contributed by atoms with Crippen LogP contribution in [0.3, 0.4) is 0 Å². The molecule has 0 unspecified atom stereocenters. The first-order chi connectivity index (χ1) is 15.0. The number of amides is 1. The van der Waals surface area contributed by atoms with E-state index in [1.807, 2.05) is 54.8 Å². The lowest BCUT2D eigenvalue weighted by Crippen LogP contribution is -2.22. The van der Waals surface area contributed by atoms with Gasteiger partial charge in [-0.3, -0.25) is 14.6 Å². The van der Waals surface area contributed by atoms with Crippen molar-refractivity contribution in [3.05, 3.63) is 81.1 Å². The summed E-state index contributed by atoms with van der Waals surface area (Å²) in [5.41, 5.74) is 2.90. The lowest BCUT2D eigenvalue weighted by molar-refractivity contribution is -0.116. The molecule has 158 valence electrons. The normalized spacial score (nSPS) is 10.9. The highest BCUT2D eigenvalue weighted by molar-refractivity contribution is 7.13. The highest BCUT2D eigenvalue weighted by atomic mass is 32.1. The van der Waals surface area contributed by atoms with Gasteiger partial charge in [0.15, 0.2) is 0 Å². The van der Waals surface area contributed by atoms with Gasteiger partial charge in [-0.2, -0.15) is 9.78 Å². The van der Waals surface area contributed by atoms with Crippen molar-refractivity contribution < 1.29 is 4.79 Å². The maximum absolute atomic E-state index is 12.7. The van der Waals surface area contributed by atoms with Crippen LogP contribution in [0.15, 0.2) is 58.7 Å². The van der Waals surface area contributed by atoms with E-state index in [4.69, 9.17) is 0 Å². The fourth-order valence-corrected chi connectivity index (χ4v) is 4.08. The third-order valence-corrected chi connectivity index (χ3v) is 5.89. The monoisotopic (exact) mass is 433 g/mol. The van der Waals surface area contributed by atoms with Crippen LogP contribution >= 0.6 is 11.3 Å². The number of carbonyl (C=O) groups is 1. The summed E-state index contributed by atoms with van der Waals surface area (Å²) in [5, 5.41) is 9.51. The van der Waals surface area contributed by atoms with Gasteiger partial charge in [0.1, 0.15) is 11.5 Å². The molecule has 0 radical (unpaired) electrons. The number of thiophene rings is 1. The van der Waals surface area contributed by atoms with Gasteiger partial charge in [-0.1, -0.05) is 43.3 Å². The van der Waals surface area contributed by atoms with Crippen molar-refractivity contribution in [2.24, 2.45) is 0 Å². The fourth-order valence-electron chi connectivity index (χ4n) is 3.40. The van der Waals surface area contributed by atoms with E-state index < -0.39 is 0 Å². The standard InChI is InChI=1S/C23H23N5O2S/c1-3-17-15(2)24-23(26-22(17)30)28-20(14-18(27-28)19-10-7-13-31-19)25-21(29)12-11-16-8-5-4-6-9-16/h4-10,13-14H,3,11-12H2,1-2H3,(H,25,29)(H,24,26,30). The van der Waals surface area contributed by atoms with Crippen LogP contribution in [0, 0.1) is 6.92 Å². The van der Waals surface area contributed by atoms with Crippen LogP contribution in [-0.4, -0.2) is 25.7 Å². The molecule has 0 fully saturated rings. The number of nitrogens with one attached hydrogen (secondary N) is 2. The van der Waals surface area contributed by atoms with Gasteiger partial charge in [-0.05, 0) is 36.8 Å². The molecule has 0 spiro atoms. The molecular formula is C23H23N5O2S. The lowest BCUT2D eigenvalue weighted by Gasteiger charge is -2.10. The van der Waals surface area contributed by atoms with E-state index in [-0.39, 0.29) is 17.4 Å². The Labute approximate surface area is 183 Å². The molecular weight excluding hydrogens is 410 g/mol. The molecule has 0 saturated heterocycles. The minimum Gasteiger partial charge on any atom is -0.310 e. The molecule has 31 heavy (non-hydrogen) atoms. The quantitative estimate of drug-likeness (QED) is 0.458. The number of hydrogen-bond donors (Lipinski definition) is 2. The molecule has 0 aliphatic rings. The SMILES string of the molecule is CCc1c(C)nc(-n2nc(-c3cccs3)cc2NC(=O)CCc2ccccc2)[nH]c1=O. The molecule has 0 aliphatic carbocycles. The van der Waals surface area contributed by atoms with E-state index in [0.717, 1.165) is 10.4 Å². The van der Waals surface area contributed by atoms with Crippen molar-refractivity contribution in [3.63, 3.8) is 0 Å². The van der Waals surface area contributed by atoms with Crippen LogP contribution in [-0.2, 0) is 17.6 Å². The Kier molecular flexibility index (Phi) is 6.08. The topological polar surface area (TPSA) is 92.7 Å². The van der Waals surface area contributed by atoms with Crippen LogP contribution in [0.5, 0.6) is 0 Å². The molecule has 0 atom stereocenters. The van der Waals surface area contributed by atoms with E-state index in [2.05, 4.69) is 20.4 Å². The third-order valence-electron chi connectivity index (χ3n) is 5.00. The zero-order valence-electron chi connectivity index (χ0n) is 17.4. The van der Waals surface area contributed by atoms with Crippen molar-refractivity contribution in [1.82, 2.24) is 19.7 Å². The van der Waals surface area contributed by atoms with Crippen LogP contribution in [0.4, 0.5) is 5.82 Å². The number of hydrogen-bond acceptors (Lipinski definition) is 5. The number of carbonyl (C=O) groups excluding carboxylic acids is 1. The van der Waals surface area contributed by atoms with Crippen molar-refractivity contribution in [3.8, 4) is 16.5 Å². The summed E-state index contributed by atoms with van der Waals surface area (Å²) in [4.78, 5) is 33.4. The first-order valence-corrected chi connectivity index (χ1v) is 11.0. The summed E-state index contributed by atoms with van der Waals surface area (Å²) < 4.78 is 1.49. The summed E-state index contributed by atoms with van der Waals surface area (Å²) in [6, 6.07) is 15.6. The van der Waals surface area contributed by atoms with E-state index >= 15 is 0 Å². The second-order valence-corrected chi connectivity index (χ2v) is 8.09. The lowest BCUT2D eigenvalue weighted by atomic mass is 10.1. The summed E-state index contributed by atoms with van der Waals surface area (Å²) in [6.07, 6.45) is 1.57. The molecule has 3 aromatic heterocycles. The van der Waals surface area contributed by atoms with Crippen LogP contribution < -0.4 is 10.9 Å². The Hall–Kier alpha value is -3.52. The molecule has 1 aromatic carbocycles. The number of aromatic nitrogens is 4. The van der Waals surface area contributed by atoms with Gasteiger partial charge < -0.3 is 5.32 Å². The number of aromatic amines is 1. The smallest absolute Gasteiger partial charge is 0.255 e. The Morgan fingerprint density at radius 3 is 2.68 bits per heavy atom. The van der Waals surface area contributed by atoms with Crippen molar-refractivity contribution in [2.75, 3.05) is 5.32 Å². The number of rotatable bonds is 7. The van der Waals surface area contributed by atoms with Gasteiger partial charge in [-0.15, -0.1) is 11.3 Å². The fraction of sp³-hybridized carbons (Fsp3) is 0.217. The highest BCUT2D eigenvalue weighted by Gasteiger charge is 2.17. The third kappa shape index (κ3) is 4.64. The van der Waals surface area contributed by atoms with Crippen molar-refractivity contribution >= 4 is 23.1 Å². The molecule has 0 bridgehead atoms. The first-order valence-electron chi connectivity index (χ1n) is 10.1. The summed E-state index contributed by atoms with van der Waals surface area (Å²) in [6.45, 7) is 3.72. The number of anilines is 1. The second-order valence-electron chi connectivity index (χ2n) is 7.14. The number of aryl methyl sites for hydroxylation is 2. The molecule has 7 nitrogen and oxygen atoms in total. The molecule has 0 aliphatic heterocycles. The van der Waals surface area contributed by atoms with Crippen molar-refractivity contribution in [2.45, 2.75) is 33.1 Å². The minimum atomic E-state index is -0.195. The van der Waals surface area contributed by atoms with Crippen LogP contribution in [0.2, 0.25) is 0 Å². The maximum Gasteiger partial charge on any atom is 0.255 e. The summed E-state index contributed by atoms with van der Waals surface area (Å²) >= 11 is 1.55. The van der Waals surface area contributed by atoms with E-state index in [1.165, 1.54) is 4.68 Å². The largest absolute Gasteiger partial charge is 0.310 e. The van der Waals surface area contributed by atoms with Gasteiger partial charge in [0.05, 0.1) is 4.88 Å². The Balaban J connectivity index is 1.65. The van der Waals surface area contributed by atoms with Gasteiger partial charge in [-0.25, -0.2) is 4.98 Å². The van der Waals surface area contributed by atoms with E-state index in [1.54, 1.807) is 24.3 Å². The van der Waals surface area contributed by atoms with Crippen LogP contribution in [0.25, 0.3) is 16.5 Å². The van der Waals surface area contributed by atoms with Gasteiger partial charge >= 0.3 is 0 Å². The molecule has 1 amide bonds. The summed E-state index contributed by atoms with van der Waals surface area (Å²) in [5.74, 6) is 0.612. The minimum absolute atomic E-state index is 0.132. The average Bonchev–Trinajstić information content (AvgIpc) is 3.43. The zero-order chi connectivity index (χ0) is 21.8. The molecule has 0 saturated carbocycles. The second kappa shape index (κ2) is 9.09. The molecule has 4 aromatic rings. The predicted molar refractivity (Wildman–Crippen MR) is 123 cm³/mol. The van der Waals surface area contributed by atoms with Crippen LogP contribution in [0.1, 0.15) is 30.2 Å². The van der Waals surface area contributed by atoms with Crippen molar-refractivity contribution in [1.29, 1.82) is 0 Å². The molecule has 2 N–H and O–H groups in total. The summed E-state index contributed by atoms with van der Waals surface area (Å²) in [7, 11) is 0. The first kappa shape index (κ1) is 20.7. The Morgan fingerprint density at radius 2 is 2.00 bits per heavy atom. The molecule has 3 heterocycles. The predicted octanol–water partition coefficient (Wildman–Crippen LogP) is 4.13. The molecule has 4 rings (SSSR count). The van der Waals surface area contributed by atoms with Gasteiger partial charge in [0.25, 0.3) is 5.56 Å². The number of benzene rings is 1.